The molecule has 2 saturated heterocycles. The molecule has 5 atom stereocenters. The van der Waals surface area contributed by atoms with E-state index in [0.717, 1.165) is 25.5 Å². The maximum Gasteiger partial charge on any atom is 0.410 e. The van der Waals surface area contributed by atoms with E-state index < -0.39 is 81.0 Å². The van der Waals surface area contributed by atoms with Crippen LogP contribution in [-0.2, 0) is 47.0 Å². The summed E-state index contributed by atoms with van der Waals surface area (Å²) in [7, 11) is -4.41. The van der Waals surface area contributed by atoms with Gasteiger partial charge < -0.3 is 25.0 Å². The van der Waals surface area contributed by atoms with Gasteiger partial charge in [-0.2, -0.15) is 0 Å². The molecule has 4 aliphatic rings. The number of ether oxygens (including phenoxy) is 2. The number of nitrogens with one attached hydrogen (secondary N) is 3. The van der Waals surface area contributed by atoms with Crippen molar-refractivity contribution in [1.82, 2.24) is 30.1 Å². The molecule has 3 aliphatic heterocycles. The van der Waals surface area contributed by atoms with Gasteiger partial charge in [0.1, 0.15) is 45.2 Å². The summed E-state index contributed by atoms with van der Waals surface area (Å²) >= 11 is 5.82. The first-order valence-electron chi connectivity index (χ1n) is 18.5. The van der Waals surface area contributed by atoms with Crippen LogP contribution in [0, 0.1) is 11.7 Å². The Morgan fingerprint density at radius 2 is 1.76 bits per heavy atom. The quantitative estimate of drug-likeness (QED) is 0.367. The summed E-state index contributed by atoms with van der Waals surface area (Å²) < 4.78 is 54.3. The third kappa shape index (κ3) is 9.31. The van der Waals surface area contributed by atoms with E-state index in [0.29, 0.717) is 30.4 Å². The van der Waals surface area contributed by atoms with Crippen LogP contribution in [0.1, 0.15) is 89.7 Å². The molecule has 1 unspecified atom stereocenters. The van der Waals surface area contributed by atoms with E-state index in [2.05, 4.69) is 20.3 Å². The van der Waals surface area contributed by atoms with Crippen LogP contribution in [0.2, 0.25) is 5.15 Å². The van der Waals surface area contributed by atoms with Crippen molar-refractivity contribution >= 4 is 51.5 Å². The second kappa shape index (κ2) is 15.9. The van der Waals surface area contributed by atoms with Crippen molar-refractivity contribution in [3.8, 4) is 0 Å². The Kier molecular flexibility index (Phi) is 11.6. The average Bonchev–Trinajstić information content (AvgIpc) is 3.40. The molecule has 5 amide bonds. The topological polar surface area (TPSA) is 193 Å². The van der Waals surface area contributed by atoms with Crippen LogP contribution < -0.4 is 15.4 Å². The first kappa shape index (κ1) is 40.2. The molecule has 1 aromatic carbocycles. The van der Waals surface area contributed by atoms with E-state index in [9.17, 15) is 36.8 Å². The van der Waals surface area contributed by atoms with Crippen molar-refractivity contribution in [3.05, 3.63) is 58.6 Å². The molecule has 3 N–H and O–H groups in total. The van der Waals surface area contributed by atoms with Crippen LogP contribution >= 0.6 is 11.6 Å². The number of fused-ring (bicyclic) bond motifs is 3. The molecule has 2 aromatic rings. The third-order valence-corrected chi connectivity index (χ3v) is 12.0. The predicted octanol–water partition coefficient (Wildman–Crippen LogP) is 4.31. The fraction of sp³-hybridized carbons (Fsp3) is 0.568. The van der Waals surface area contributed by atoms with Crippen molar-refractivity contribution in [2.45, 2.75) is 126 Å². The Bertz CT molecular complexity index is 1940. The number of sulfonamides is 1. The van der Waals surface area contributed by atoms with Gasteiger partial charge in [-0.25, -0.2) is 32.1 Å². The molecule has 6 rings (SSSR count). The number of amides is 5. The Morgan fingerprint density at radius 1 is 1.04 bits per heavy atom. The van der Waals surface area contributed by atoms with E-state index in [1.165, 1.54) is 28.0 Å². The van der Waals surface area contributed by atoms with E-state index in [1.807, 2.05) is 0 Å². The van der Waals surface area contributed by atoms with E-state index in [1.54, 1.807) is 32.9 Å². The molecule has 0 bridgehead atoms. The molecule has 1 saturated carbocycles. The predicted molar refractivity (Wildman–Crippen MR) is 195 cm³/mol. The van der Waals surface area contributed by atoms with Gasteiger partial charge in [0, 0.05) is 24.7 Å². The van der Waals surface area contributed by atoms with Gasteiger partial charge in [-0.05, 0) is 69.7 Å². The van der Waals surface area contributed by atoms with Crippen LogP contribution in [0.25, 0.3) is 0 Å². The van der Waals surface area contributed by atoms with Crippen LogP contribution in [0.3, 0.4) is 0 Å². The van der Waals surface area contributed by atoms with Crippen LogP contribution in [0.4, 0.5) is 14.0 Å². The lowest BCUT2D eigenvalue weighted by Crippen LogP contribution is -2.58. The van der Waals surface area contributed by atoms with Crippen LogP contribution in [-0.4, -0.2) is 89.0 Å². The third-order valence-electron chi connectivity index (χ3n) is 10.4. The molecule has 1 aromatic heterocycles. The second-order valence-electron chi connectivity index (χ2n) is 15.6. The fourth-order valence-electron chi connectivity index (χ4n) is 7.54. The van der Waals surface area contributed by atoms with Gasteiger partial charge in [-0.1, -0.05) is 55.8 Å². The summed E-state index contributed by atoms with van der Waals surface area (Å²) in [6.45, 7) is 4.94. The number of nitrogens with zero attached hydrogens (tertiary/aromatic N) is 3. The summed E-state index contributed by atoms with van der Waals surface area (Å²) in [6, 6.07) is 4.69. The van der Waals surface area contributed by atoms with E-state index >= 15 is 0 Å². The minimum Gasteiger partial charge on any atom is -0.444 e. The number of carbonyl (C=O) groups is 5. The molecule has 15 nitrogen and oxygen atoms in total. The van der Waals surface area contributed by atoms with Gasteiger partial charge >= 0.3 is 12.2 Å². The minimum atomic E-state index is -4.41. The summed E-state index contributed by atoms with van der Waals surface area (Å²) in [5, 5.41) is 5.52. The molecular formula is C37H46ClFN6O9S. The maximum atomic E-state index is 14.5. The van der Waals surface area contributed by atoms with Gasteiger partial charge in [-0.15, -0.1) is 0 Å². The van der Waals surface area contributed by atoms with Crippen LogP contribution in [0.15, 0.2) is 41.4 Å². The standard InChI is InChI=1S/C37H46ClFN6O9S/c1-36(2,3)54-34(49)41-28-13-8-6-4-5-7-11-23-17-37(23,33(48)43-55(51,52)25-14-15-30(38)40-18-25)42-31(46)29-16-24(20-45(29)32(28)47)53-35(50)44-19-22-10-9-12-27(39)26(22)21-44/h9-10,12,14-15,18,23-24,28-29H,4-8,11,13,16-17,19-21H2,1-3H3,(H,41,49)(H,42,46)(H,43,48)/t23?,24-,28+,29+,37-/m1/s1. The number of pyridine rings is 1. The number of hydrogen-bond donors (Lipinski definition) is 3. The monoisotopic (exact) mass is 804 g/mol. The average molecular weight is 805 g/mol. The Morgan fingerprint density at radius 3 is 2.45 bits per heavy atom. The smallest absolute Gasteiger partial charge is 0.410 e. The molecule has 0 radical (unpaired) electrons. The molecule has 1 aliphatic carbocycles. The second-order valence-corrected chi connectivity index (χ2v) is 17.7. The minimum absolute atomic E-state index is 0.0178. The lowest BCUT2D eigenvalue weighted by atomic mass is 10.0. The van der Waals surface area contributed by atoms with Gasteiger partial charge in [-0.3, -0.25) is 19.3 Å². The zero-order chi connectivity index (χ0) is 39.7. The summed E-state index contributed by atoms with van der Waals surface area (Å²) in [4.78, 5) is 74.9. The first-order chi connectivity index (χ1) is 26.0. The summed E-state index contributed by atoms with van der Waals surface area (Å²) in [5.74, 6) is -3.14. The van der Waals surface area contributed by atoms with Gasteiger partial charge in [0.25, 0.3) is 15.9 Å². The largest absolute Gasteiger partial charge is 0.444 e. The Labute approximate surface area is 324 Å². The van der Waals surface area contributed by atoms with Crippen molar-refractivity contribution < 1.29 is 46.3 Å². The summed E-state index contributed by atoms with van der Waals surface area (Å²) in [6.07, 6.45) is 2.85. The number of alkyl carbamates (subject to hydrolysis) is 1. The van der Waals surface area contributed by atoms with E-state index in [-0.39, 0.29) is 48.9 Å². The molecule has 55 heavy (non-hydrogen) atoms. The molecule has 4 heterocycles. The van der Waals surface area contributed by atoms with Gasteiger partial charge in [0.2, 0.25) is 11.8 Å². The zero-order valence-electron chi connectivity index (χ0n) is 30.9. The number of hydrogen-bond acceptors (Lipinski definition) is 10. The summed E-state index contributed by atoms with van der Waals surface area (Å²) in [5.41, 5.74) is -1.44. The SMILES string of the molecule is CC(C)(C)OC(=O)N[C@H]1CCCCCCCC2C[C@@]2(C(=O)NS(=O)(=O)c2ccc(Cl)nc2)NC(=O)[C@@H]2C[C@@H](OC(=O)N3Cc4cccc(F)c4C3)CN2C1=O. The van der Waals surface area contributed by atoms with Crippen molar-refractivity contribution in [1.29, 1.82) is 0 Å². The fourth-order valence-corrected chi connectivity index (χ4v) is 8.64. The van der Waals surface area contributed by atoms with Crippen molar-refractivity contribution in [3.63, 3.8) is 0 Å². The number of rotatable bonds is 5. The van der Waals surface area contributed by atoms with Crippen molar-refractivity contribution in [2.24, 2.45) is 5.92 Å². The number of carbonyl (C=O) groups excluding carboxylic acids is 5. The lowest BCUT2D eigenvalue weighted by molar-refractivity contribution is -0.141. The number of halogens is 2. The normalized spacial score (nSPS) is 26.0. The van der Waals surface area contributed by atoms with E-state index in [4.69, 9.17) is 21.1 Å². The Balaban J connectivity index is 1.26. The first-order valence-corrected chi connectivity index (χ1v) is 20.3. The molecule has 298 valence electrons. The highest BCUT2D eigenvalue weighted by Crippen LogP contribution is 2.48. The zero-order valence-corrected chi connectivity index (χ0v) is 32.5. The number of aromatic nitrogens is 1. The molecule has 18 heteroatoms. The van der Waals surface area contributed by atoms with Crippen molar-refractivity contribution in [2.75, 3.05) is 6.54 Å². The molecule has 3 fully saturated rings. The highest BCUT2D eigenvalue weighted by Gasteiger charge is 2.62. The highest BCUT2D eigenvalue weighted by molar-refractivity contribution is 7.90. The molecule has 0 spiro atoms. The lowest BCUT2D eigenvalue weighted by Gasteiger charge is -2.30. The number of benzene rings is 1. The van der Waals surface area contributed by atoms with Crippen LogP contribution in [0.5, 0.6) is 0 Å². The van der Waals surface area contributed by atoms with Gasteiger partial charge in [0.05, 0.1) is 13.1 Å². The molecular weight excluding hydrogens is 759 g/mol. The highest BCUT2D eigenvalue weighted by atomic mass is 35.5. The van der Waals surface area contributed by atoms with Gasteiger partial charge in [0.15, 0.2) is 0 Å². The Hall–Kier alpha value is -4.51. The maximum absolute atomic E-state index is 14.5.